The normalized spacial score (nSPS) is 11.7. The first kappa shape index (κ1) is 17.0. The van der Waals surface area contributed by atoms with Crippen LogP contribution in [-0.4, -0.2) is 19.1 Å². The molecule has 30 heavy (non-hydrogen) atoms. The largest absolute Gasteiger partial charge is 0.327 e. The third-order valence-electron chi connectivity index (χ3n) is 5.94. The van der Waals surface area contributed by atoms with Crippen molar-refractivity contribution >= 4 is 32.8 Å². The minimum absolute atomic E-state index is 0.948. The van der Waals surface area contributed by atoms with E-state index in [0.717, 1.165) is 44.8 Å². The van der Waals surface area contributed by atoms with E-state index in [-0.39, 0.29) is 0 Å². The van der Waals surface area contributed by atoms with Crippen LogP contribution in [0.4, 0.5) is 0 Å². The van der Waals surface area contributed by atoms with E-state index >= 15 is 0 Å². The topological polar surface area (TPSA) is 35.6 Å². The molecule has 0 atom stereocenters. The zero-order valence-corrected chi connectivity index (χ0v) is 16.9. The molecule has 144 valence electrons. The summed E-state index contributed by atoms with van der Waals surface area (Å²) in [7, 11) is 4.16. The number of aryl methyl sites for hydroxylation is 2. The average molecular weight is 388 g/mol. The van der Waals surface area contributed by atoms with Crippen molar-refractivity contribution in [2.45, 2.75) is 0 Å². The lowest BCUT2D eigenvalue weighted by atomic mass is 9.99. The molecule has 0 saturated heterocycles. The lowest BCUT2D eigenvalue weighted by molar-refractivity contribution is 0.948. The van der Waals surface area contributed by atoms with Gasteiger partial charge in [0.15, 0.2) is 0 Å². The van der Waals surface area contributed by atoms with E-state index in [1.165, 1.54) is 10.8 Å². The van der Waals surface area contributed by atoms with Crippen LogP contribution in [0.25, 0.3) is 55.6 Å². The van der Waals surface area contributed by atoms with E-state index in [4.69, 9.17) is 9.97 Å². The maximum Gasteiger partial charge on any atom is 0.141 e. The molecule has 0 amide bonds. The van der Waals surface area contributed by atoms with Crippen LogP contribution in [-0.2, 0) is 14.1 Å². The summed E-state index contributed by atoms with van der Waals surface area (Å²) in [5.74, 6) is 1.90. The number of benzene rings is 4. The first-order valence-electron chi connectivity index (χ1n) is 10.1. The molecule has 2 heterocycles. The second kappa shape index (κ2) is 6.29. The average Bonchev–Trinajstić information content (AvgIpc) is 3.30. The van der Waals surface area contributed by atoms with Crippen LogP contribution < -0.4 is 0 Å². The fourth-order valence-electron chi connectivity index (χ4n) is 4.38. The fraction of sp³-hybridized carbons (Fsp3) is 0.0769. The number of nitrogens with zero attached hydrogens (tertiary/aromatic N) is 4. The molecule has 0 aliphatic rings. The van der Waals surface area contributed by atoms with Crippen molar-refractivity contribution in [3.63, 3.8) is 0 Å². The molecule has 6 aromatic rings. The van der Waals surface area contributed by atoms with Gasteiger partial charge in [0.25, 0.3) is 0 Å². The number of hydrogen-bond donors (Lipinski definition) is 0. The highest BCUT2D eigenvalue weighted by Crippen LogP contribution is 2.37. The van der Waals surface area contributed by atoms with Crippen molar-refractivity contribution in [1.82, 2.24) is 19.1 Å². The van der Waals surface area contributed by atoms with Gasteiger partial charge in [0.2, 0.25) is 0 Å². The van der Waals surface area contributed by atoms with Gasteiger partial charge in [0.1, 0.15) is 11.6 Å². The highest BCUT2D eigenvalue weighted by atomic mass is 15.1. The summed E-state index contributed by atoms with van der Waals surface area (Å²) in [6.45, 7) is 0. The van der Waals surface area contributed by atoms with E-state index in [9.17, 15) is 0 Å². The predicted octanol–water partition coefficient (Wildman–Crippen LogP) is 5.95. The Labute approximate surface area is 174 Å². The van der Waals surface area contributed by atoms with Gasteiger partial charge in [-0.15, -0.1) is 0 Å². The van der Waals surface area contributed by atoms with Gasteiger partial charge in [-0.3, -0.25) is 0 Å². The quantitative estimate of drug-likeness (QED) is 0.368. The van der Waals surface area contributed by atoms with Gasteiger partial charge in [-0.2, -0.15) is 0 Å². The van der Waals surface area contributed by atoms with Crippen molar-refractivity contribution < 1.29 is 0 Å². The van der Waals surface area contributed by atoms with Crippen molar-refractivity contribution in [1.29, 1.82) is 0 Å². The van der Waals surface area contributed by atoms with Crippen LogP contribution in [0.2, 0.25) is 0 Å². The number of aromatic nitrogens is 4. The van der Waals surface area contributed by atoms with Gasteiger partial charge >= 0.3 is 0 Å². The van der Waals surface area contributed by atoms with Gasteiger partial charge < -0.3 is 9.13 Å². The number of imidazole rings is 2. The molecule has 0 spiro atoms. The predicted molar refractivity (Wildman–Crippen MR) is 123 cm³/mol. The number of hydrogen-bond acceptors (Lipinski definition) is 2. The molecule has 0 fully saturated rings. The highest BCUT2D eigenvalue weighted by molar-refractivity contribution is 5.97. The first-order chi connectivity index (χ1) is 14.7. The van der Waals surface area contributed by atoms with Crippen LogP contribution in [0.3, 0.4) is 0 Å². The van der Waals surface area contributed by atoms with Gasteiger partial charge in [0.05, 0.1) is 22.1 Å². The van der Waals surface area contributed by atoms with Gasteiger partial charge in [-0.1, -0.05) is 48.5 Å². The molecular formula is C26H20N4. The van der Waals surface area contributed by atoms with Crippen LogP contribution in [0.5, 0.6) is 0 Å². The molecule has 0 bridgehead atoms. The Kier molecular flexibility index (Phi) is 3.56. The Morgan fingerprint density at radius 1 is 0.533 bits per heavy atom. The maximum atomic E-state index is 4.98. The summed E-state index contributed by atoms with van der Waals surface area (Å²) < 4.78 is 4.34. The third-order valence-corrected chi connectivity index (χ3v) is 5.94. The van der Waals surface area contributed by atoms with E-state index in [1.54, 1.807) is 0 Å². The smallest absolute Gasteiger partial charge is 0.141 e. The van der Waals surface area contributed by atoms with Crippen molar-refractivity contribution in [3.05, 3.63) is 84.9 Å². The summed E-state index contributed by atoms with van der Waals surface area (Å²) in [6, 6.07) is 29.5. The number of fused-ring (bicyclic) bond motifs is 3. The van der Waals surface area contributed by atoms with E-state index in [2.05, 4.69) is 96.0 Å². The molecule has 4 nitrogen and oxygen atoms in total. The molecule has 0 aliphatic heterocycles. The molecular weight excluding hydrogens is 368 g/mol. The molecule has 0 saturated carbocycles. The second-order valence-corrected chi connectivity index (χ2v) is 7.71. The van der Waals surface area contributed by atoms with Gasteiger partial charge in [-0.25, -0.2) is 9.97 Å². The van der Waals surface area contributed by atoms with E-state index < -0.39 is 0 Å². The minimum atomic E-state index is 0.948. The van der Waals surface area contributed by atoms with Crippen molar-refractivity contribution in [2.24, 2.45) is 14.1 Å². The Morgan fingerprint density at radius 3 is 1.37 bits per heavy atom. The Balaban J connectivity index is 1.72. The molecule has 4 aromatic carbocycles. The zero-order chi connectivity index (χ0) is 20.2. The molecule has 0 aliphatic carbocycles. The zero-order valence-electron chi connectivity index (χ0n) is 16.9. The summed E-state index contributed by atoms with van der Waals surface area (Å²) in [6.07, 6.45) is 0. The molecule has 6 rings (SSSR count). The second-order valence-electron chi connectivity index (χ2n) is 7.71. The van der Waals surface area contributed by atoms with Crippen molar-refractivity contribution in [2.75, 3.05) is 0 Å². The van der Waals surface area contributed by atoms with Crippen LogP contribution in [0, 0.1) is 0 Å². The van der Waals surface area contributed by atoms with Crippen LogP contribution in [0.15, 0.2) is 84.9 Å². The summed E-state index contributed by atoms with van der Waals surface area (Å²) in [4.78, 5) is 9.97. The molecule has 2 aromatic heterocycles. The van der Waals surface area contributed by atoms with E-state index in [0.29, 0.717) is 0 Å². The lowest BCUT2D eigenvalue weighted by Crippen LogP contribution is -1.99. The Bertz CT molecular complexity index is 1450. The maximum absolute atomic E-state index is 4.98. The van der Waals surface area contributed by atoms with Gasteiger partial charge in [-0.05, 0) is 47.2 Å². The monoisotopic (exact) mass is 388 g/mol. The molecule has 0 radical (unpaired) electrons. The molecule has 0 unspecified atom stereocenters. The minimum Gasteiger partial charge on any atom is -0.327 e. The summed E-state index contributed by atoms with van der Waals surface area (Å²) in [5, 5.41) is 2.39. The Morgan fingerprint density at radius 2 is 0.933 bits per heavy atom. The summed E-state index contributed by atoms with van der Waals surface area (Å²) in [5.41, 5.74) is 6.42. The molecule has 4 heteroatoms. The van der Waals surface area contributed by atoms with Crippen LogP contribution >= 0.6 is 0 Å². The van der Waals surface area contributed by atoms with Gasteiger partial charge in [0, 0.05) is 25.2 Å². The van der Waals surface area contributed by atoms with Crippen LogP contribution in [0.1, 0.15) is 0 Å². The fourth-order valence-corrected chi connectivity index (χ4v) is 4.38. The Hall–Kier alpha value is -3.92. The first-order valence-corrected chi connectivity index (χ1v) is 10.1. The standard InChI is InChI=1S/C26H20N4/c1-29-23-13-7-5-11-21(23)27-25(29)19-15-17-9-3-4-10-18(17)16-20(19)26-28-22-12-6-8-14-24(22)30(26)2/h3-16H,1-2H3. The SMILES string of the molecule is Cn1c(-c2cc3ccccc3cc2-c2nc3ccccc3n2C)nc2ccccc21. The highest BCUT2D eigenvalue weighted by Gasteiger charge is 2.19. The lowest BCUT2D eigenvalue weighted by Gasteiger charge is -2.12. The summed E-state index contributed by atoms with van der Waals surface area (Å²) >= 11 is 0. The number of para-hydroxylation sites is 4. The third kappa shape index (κ3) is 2.40. The number of rotatable bonds is 2. The molecule has 0 N–H and O–H groups in total. The van der Waals surface area contributed by atoms with Crippen molar-refractivity contribution in [3.8, 4) is 22.8 Å². The van der Waals surface area contributed by atoms with E-state index in [1.807, 2.05) is 12.1 Å².